The van der Waals surface area contributed by atoms with Gasteiger partial charge in [-0.25, -0.2) is 13.4 Å². The number of carbonyl (C=O) groups excluding carboxylic acids is 3. The lowest BCUT2D eigenvalue weighted by Crippen LogP contribution is -2.40. The van der Waals surface area contributed by atoms with Gasteiger partial charge in [0, 0.05) is 30.4 Å². The van der Waals surface area contributed by atoms with Gasteiger partial charge in [-0.1, -0.05) is 26.0 Å². The molecule has 0 saturated heterocycles. The molecular formula is C35H40N6O6S. The van der Waals surface area contributed by atoms with Gasteiger partial charge < -0.3 is 25.8 Å². The van der Waals surface area contributed by atoms with Gasteiger partial charge in [0.05, 0.1) is 27.4 Å². The number of hydrogen-bond acceptors (Lipinski definition) is 8. The van der Waals surface area contributed by atoms with Crippen LogP contribution in [0.1, 0.15) is 61.6 Å². The maximum Gasteiger partial charge on any atom is 0.258 e. The summed E-state index contributed by atoms with van der Waals surface area (Å²) in [6.07, 6.45) is 1.32. The fourth-order valence-corrected chi connectivity index (χ4v) is 7.08. The van der Waals surface area contributed by atoms with Crippen molar-refractivity contribution in [2.45, 2.75) is 70.8 Å². The summed E-state index contributed by atoms with van der Waals surface area (Å²) in [7, 11) is -3.76. The van der Waals surface area contributed by atoms with E-state index in [1.807, 2.05) is 26.0 Å². The molecule has 0 radical (unpaired) electrons. The van der Waals surface area contributed by atoms with Crippen molar-refractivity contribution < 1.29 is 22.8 Å². The van der Waals surface area contributed by atoms with Gasteiger partial charge in [0.2, 0.25) is 17.7 Å². The second-order valence-electron chi connectivity index (χ2n) is 12.7. The first-order valence-corrected chi connectivity index (χ1v) is 17.3. The van der Waals surface area contributed by atoms with E-state index in [9.17, 15) is 27.6 Å². The number of benzene rings is 3. The molecule has 3 amide bonds. The molecule has 3 aromatic carbocycles. The minimum atomic E-state index is -3.76. The fourth-order valence-electron chi connectivity index (χ4n) is 5.82. The third kappa shape index (κ3) is 7.10. The van der Waals surface area contributed by atoms with E-state index in [-0.39, 0.29) is 41.9 Å². The number of aromatic nitrogens is 2. The first kappa shape index (κ1) is 34.3. The van der Waals surface area contributed by atoms with Gasteiger partial charge in [0.25, 0.3) is 5.56 Å². The Morgan fingerprint density at radius 1 is 0.958 bits per heavy atom. The standard InChI is InChI=1S/C35H40N6O6S/c1-19(2)35(45)41-16-28-21(5)11-23(12-22(28)6)32(40-26-7-9-29-27(14-26)33(43)38-18-37-29)34(44)36-15-24-13-25(39-31(42)17-41)8-10-30(24)48(46,47)20(3)4/h7-14,18-20,32,40H,15-17H2,1-6H3,(H,36,44)(H,39,42)(H,37,38,43). The number of H-pyrrole nitrogens is 1. The molecule has 0 spiro atoms. The van der Waals surface area contributed by atoms with Crippen molar-refractivity contribution in [3.05, 3.63) is 93.0 Å². The molecule has 0 fully saturated rings. The minimum Gasteiger partial charge on any atom is -0.370 e. The Kier molecular flexibility index (Phi) is 9.71. The summed E-state index contributed by atoms with van der Waals surface area (Å²) in [5.74, 6) is -1.45. The predicted octanol–water partition coefficient (Wildman–Crippen LogP) is 4.13. The summed E-state index contributed by atoms with van der Waals surface area (Å²) >= 11 is 0. The molecule has 1 aromatic heterocycles. The van der Waals surface area contributed by atoms with Crippen LogP contribution in [0.5, 0.6) is 0 Å². The van der Waals surface area contributed by atoms with Crippen molar-refractivity contribution in [2.24, 2.45) is 5.92 Å². The average Bonchev–Trinajstić information content (AvgIpc) is 3.02. The molecule has 12 nitrogen and oxygen atoms in total. The zero-order valence-electron chi connectivity index (χ0n) is 27.8. The van der Waals surface area contributed by atoms with Crippen LogP contribution in [0, 0.1) is 19.8 Å². The van der Waals surface area contributed by atoms with Crippen molar-refractivity contribution in [1.29, 1.82) is 0 Å². The van der Waals surface area contributed by atoms with Gasteiger partial charge in [-0.2, -0.15) is 0 Å². The highest BCUT2D eigenvalue weighted by atomic mass is 32.2. The highest BCUT2D eigenvalue weighted by molar-refractivity contribution is 7.92. The fraction of sp³-hybridized carbons (Fsp3) is 0.343. The monoisotopic (exact) mass is 672 g/mol. The number of anilines is 2. The number of carbonyl (C=O) groups is 3. The maximum atomic E-state index is 14.1. The van der Waals surface area contributed by atoms with E-state index in [1.165, 1.54) is 29.4 Å². The topological polar surface area (TPSA) is 170 Å². The van der Waals surface area contributed by atoms with Crippen molar-refractivity contribution in [2.75, 3.05) is 17.2 Å². The molecule has 4 bridgehead atoms. The van der Waals surface area contributed by atoms with Crippen LogP contribution in [0.25, 0.3) is 10.9 Å². The molecular weight excluding hydrogens is 632 g/mol. The van der Waals surface area contributed by atoms with Crippen LogP contribution in [-0.4, -0.2) is 52.8 Å². The zero-order valence-corrected chi connectivity index (χ0v) is 28.6. The quantitative estimate of drug-likeness (QED) is 0.245. The van der Waals surface area contributed by atoms with Crippen LogP contribution in [0.3, 0.4) is 0 Å². The van der Waals surface area contributed by atoms with E-state index in [1.54, 1.807) is 45.9 Å². The first-order valence-electron chi connectivity index (χ1n) is 15.7. The molecule has 4 N–H and O–H groups in total. The number of amides is 3. The summed E-state index contributed by atoms with van der Waals surface area (Å²) in [5, 5.41) is 8.59. The third-order valence-electron chi connectivity index (χ3n) is 8.48. The number of hydrogen-bond donors (Lipinski definition) is 4. The summed E-state index contributed by atoms with van der Waals surface area (Å²) in [4.78, 5) is 61.5. The molecule has 252 valence electrons. The van der Waals surface area contributed by atoms with E-state index >= 15 is 0 Å². The normalized spacial score (nSPS) is 15.9. The van der Waals surface area contributed by atoms with Crippen molar-refractivity contribution in [1.82, 2.24) is 20.2 Å². The van der Waals surface area contributed by atoms with Crippen LogP contribution in [0.4, 0.5) is 11.4 Å². The first-order chi connectivity index (χ1) is 22.6. The Labute approximate surface area is 279 Å². The SMILES string of the molecule is Cc1cc2cc(C)c1CN(C(=O)C(C)C)CC(=O)Nc1ccc(S(=O)(=O)C(C)C)c(c1)CNC(=O)C2Nc1ccc2nc[nH]c(=O)c2c1. The summed E-state index contributed by atoms with van der Waals surface area (Å²) < 4.78 is 26.7. The number of aryl methyl sites for hydroxylation is 2. The number of rotatable bonds is 5. The maximum absolute atomic E-state index is 14.1. The Bertz CT molecular complexity index is 2070. The Morgan fingerprint density at radius 3 is 2.33 bits per heavy atom. The van der Waals surface area contributed by atoms with Crippen LogP contribution in [0.2, 0.25) is 0 Å². The lowest BCUT2D eigenvalue weighted by atomic mass is 9.94. The van der Waals surface area contributed by atoms with Gasteiger partial charge in [-0.05, 0) is 91.9 Å². The lowest BCUT2D eigenvalue weighted by molar-refractivity contribution is -0.138. The molecule has 13 heteroatoms. The second kappa shape index (κ2) is 13.6. The van der Waals surface area contributed by atoms with Crippen LogP contribution in [0.15, 0.2) is 64.5 Å². The highest BCUT2D eigenvalue weighted by Crippen LogP contribution is 2.29. The van der Waals surface area contributed by atoms with E-state index < -0.39 is 32.9 Å². The van der Waals surface area contributed by atoms with Gasteiger partial charge in [0.1, 0.15) is 12.6 Å². The van der Waals surface area contributed by atoms with Gasteiger partial charge >= 0.3 is 0 Å². The average molecular weight is 673 g/mol. The largest absolute Gasteiger partial charge is 0.370 e. The summed E-state index contributed by atoms with van der Waals surface area (Å²) in [6.45, 7) is 10.3. The van der Waals surface area contributed by atoms with Gasteiger partial charge in [0.15, 0.2) is 9.84 Å². The van der Waals surface area contributed by atoms with Crippen LogP contribution >= 0.6 is 0 Å². The molecule has 48 heavy (non-hydrogen) atoms. The van der Waals surface area contributed by atoms with Crippen molar-refractivity contribution in [3.8, 4) is 0 Å². The van der Waals surface area contributed by atoms with Crippen LogP contribution < -0.4 is 21.5 Å². The smallest absolute Gasteiger partial charge is 0.258 e. The molecule has 2 aliphatic heterocycles. The van der Waals surface area contributed by atoms with E-state index in [0.29, 0.717) is 33.4 Å². The number of sulfone groups is 1. The molecule has 1 unspecified atom stereocenters. The zero-order chi connectivity index (χ0) is 34.9. The molecule has 1 atom stereocenters. The Balaban J connectivity index is 1.64. The number of nitrogens with zero attached hydrogens (tertiary/aromatic N) is 2. The Hall–Kier alpha value is -5.04. The number of nitrogens with one attached hydrogen (secondary N) is 4. The summed E-state index contributed by atoms with van der Waals surface area (Å²) in [5.41, 5.74) is 4.38. The van der Waals surface area contributed by atoms with E-state index in [2.05, 4.69) is 25.9 Å². The molecule has 0 aliphatic carbocycles. The van der Waals surface area contributed by atoms with Crippen molar-refractivity contribution in [3.63, 3.8) is 0 Å². The van der Waals surface area contributed by atoms with Gasteiger partial charge in [-0.3, -0.25) is 19.2 Å². The molecule has 0 saturated carbocycles. The predicted molar refractivity (Wildman–Crippen MR) is 184 cm³/mol. The van der Waals surface area contributed by atoms with Crippen LogP contribution in [-0.2, 0) is 37.3 Å². The van der Waals surface area contributed by atoms with E-state index in [4.69, 9.17) is 0 Å². The molecule has 3 heterocycles. The van der Waals surface area contributed by atoms with Gasteiger partial charge in [-0.15, -0.1) is 0 Å². The lowest BCUT2D eigenvalue weighted by Gasteiger charge is -2.27. The number of fused-ring (bicyclic) bond motifs is 10. The van der Waals surface area contributed by atoms with Crippen molar-refractivity contribution >= 4 is 49.8 Å². The Morgan fingerprint density at radius 2 is 1.67 bits per heavy atom. The third-order valence-corrected chi connectivity index (χ3v) is 10.7. The molecule has 4 aromatic rings. The van der Waals surface area contributed by atoms with E-state index in [0.717, 1.165) is 16.7 Å². The highest BCUT2D eigenvalue weighted by Gasteiger charge is 2.28. The molecule has 6 rings (SSSR count). The minimum absolute atomic E-state index is 0.0373. The second-order valence-corrected chi connectivity index (χ2v) is 15.2. The summed E-state index contributed by atoms with van der Waals surface area (Å²) in [6, 6.07) is 12.2. The number of aromatic amines is 1. The molecule has 2 aliphatic rings.